The highest BCUT2D eigenvalue weighted by Gasteiger charge is 2.41. The molecule has 42 heavy (non-hydrogen) atoms. The first-order chi connectivity index (χ1) is 19.9. The Kier molecular flexibility index (Phi) is 10.1. The van der Waals surface area contributed by atoms with E-state index in [0.29, 0.717) is 32.5 Å². The number of hydrogen-bond acceptors (Lipinski definition) is 7. The number of hydrogen-bond donors (Lipinski definition) is 3. The zero-order chi connectivity index (χ0) is 30.5. The summed E-state index contributed by atoms with van der Waals surface area (Å²) in [5, 5.41) is 4.60. The number of carbonyl (C=O) groups excluding carboxylic acids is 3. The fraction of sp³-hybridized carbons (Fsp3) is 0.567. The molecule has 1 saturated carbocycles. The van der Waals surface area contributed by atoms with Gasteiger partial charge in [0, 0.05) is 51.1 Å². The van der Waals surface area contributed by atoms with Crippen LogP contribution in [0.5, 0.6) is 0 Å². The summed E-state index contributed by atoms with van der Waals surface area (Å²) >= 11 is 0. The summed E-state index contributed by atoms with van der Waals surface area (Å²) in [5.41, 5.74) is 5.15. The van der Waals surface area contributed by atoms with Gasteiger partial charge in [-0.25, -0.2) is 17.9 Å². The third kappa shape index (κ3) is 8.42. The van der Waals surface area contributed by atoms with Crippen LogP contribution >= 0.6 is 0 Å². The average Bonchev–Trinajstić information content (AvgIpc) is 3.78. The van der Waals surface area contributed by atoms with E-state index < -0.39 is 33.7 Å². The number of nitrogens with one attached hydrogen (secondary N) is 2. The molecule has 0 radical (unpaired) electrons. The van der Waals surface area contributed by atoms with E-state index in [4.69, 9.17) is 10.5 Å². The summed E-state index contributed by atoms with van der Waals surface area (Å²) in [6.07, 6.45) is 2.48. The number of likely N-dealkylation sites (tertiary alicyclic amines) is 1. The maximum atomic E-state index is 13.8. The molecular weight excluding hydrogens is 558 g/mol. The Labute approximate surface area is 248 Å². The van der Waals surface area contributed by atoms with E-state index in [0.717, 1.165) is 23.6 Å². The zero-order valence-electron chi connectivity index (χ0n) is 24.7. The molecule has 3 amide bonds. The number of nitrogens with two attached hydrogens (primary N) is 1. The van der Waals surface area contributed by atoms with Crippen LogP contribution in [0.2, 0.25) is 0 Å². The van der Waals surface area contributed by atoms with Crippen LogP contribution in [0.15, 0.2) is 47.4 Å². The van der Waals surface area contributed by atoms with Gasteiger partial charge in [-0.2, -0.15) is 0 Å². The lowest BCUT2D eigenvalue weighted by Gasteiger charge is -2.39. The minimum atomic E-state index is -3.85. The Morgan fingerprint density at radius 2 is 1.81 bits per heavy atom. The Bertz CT molecular complexity index is 1390. The van der Waals surface area contributed by atoms with Crippen molar-refractivity contribution in [2.75, 3.05) is 32.7 Å². The van der Waals surface area contributed by atoms with Crippen LogP contribution in [0.4, 0.5) is 4.79 Å². The average molecular weight is 602 g/mol. The predicted molar refractivity (Wildman–Crippen MR) is 160 cm³/mol. The first kappa shape index (κ1) is 31.7. The highest BCUT2D eigenvalue weighted by Crippen LogP contribution is 2.30. The van der Waals surface area contributed by atoms with Crippen LogP contribution in [-0.2, 0) is 24.3 Å². The number of ether oxygens (including phenoxy) is 1. The standard InChI is InChI=1S/C30H43N5O6S/c1-30(2,3)41-29(38)34-17-6-9-23(20-34)27(28(37)35(18-15-31)24-11-12-24)33-26(36)14-16-32-42(39,40)25-13-10-21-7-4-5-8-22(21)19-25/h4-5,7-8,10,13,19,23-24,27,32H,6,9,11-12,14-18,20,31H2,1-3H3,(H,33,36)/t23-,27-/m0/s1. The van der Waals surface area contributed by atoms with Gasteiger partial charge in [0.2, 0.25) is 21.8 Å². The summed E-state index contributed by atoms with van der Waals surface area (Å²) in [5.74, 6) is -0.993. The number of carbonyl (C=O) groups is 3. The molecule has 0 bridgehead atoms. The summed E-state index contributed by atoms with van der Waals surface area (Å²) in [6, 6.07) is 11.6. The van der Waals surface area contributed by atoms with Gasteiger partial charge in [0.25, 0.3) is 0 Å². The van der Waals surface area contributed by atoms with Gasteiger partial charge in [-0.05, 0) is 69.4 Å². The zero-order valence-corrected chi connectivity index (χ0v) is 25.5. The maximum absolute atomic E-state index is 13.8. The first-order valence-electron chi connectivity index (χ1n) is 14.6. The largest absolute Gasteiger partial charge is 0.444 e. The third-order valence-corrected chi connectivity index (χ3v) is 8.94. The molecule has 4 rings (SSSR count). The van der Waals surface area contributed by atoms with Crippen molar-refractivity contribution in [2.45, 2.75) is 75.5 Å². The first-order valence-corrected chi connectivity index (χ1v) is 16.1. The lowest BCUT2D eigenvalue weighted by molar-refractivity contribution is -0.139. The quantitative estimate of drug-likeness (QED) is 0.358. The monoisotopic (exact) mass is 601 g/mol. The SMILES string of the molecule is CC(C)(C)OC(=O)N1CCC[C@H]([C@H](NC(=O)CCNS(=O)(=O)c2ccc3ccccc3c2)C(=O)N(CCN)C2CC2)C1. The van der Waals surface area contributed by atoms with Crippen LogP contribution in [0, 0.1) is 5.92 Å². The van der Waals surface area contributed by atoms with Crippen molar-refractivity contribution < 1.29 is 27.5 Å². The van der Waals surface area contributed by atoms with Crippen molar-refractivity contribution in [3.63, 3.8) is 0 Å². The van der Waals surface area contributed by atoms with Gasteiger partial charge in [-0.3, -0.25) is 9.59 Å². The van der Waals surface area contributed by atoms with Crippen molar-refractivity contribution in [2.24, 2.45) is 11.7 Å². The minimum absolute atomic E-state index is 0.0970. The van der Waals surface area contributed by atoms with E-state index in [9.17, 15) is 22.8 Å². The molecule has 1 heterocycles. The lowest BCUT2D eigenvalue weighted by Crippen LogP contribution is -2.57. The lowest BCUT2D eigenvalue weighted by atomic mass is 9.89. The molecule has 0 aromatic heterocycles. The number of benzene rings is 2. The minimum Gasteiger partial charge on any atom is -0.444 e. The number of piperidine rings is 1. The van der Waals surface area contributed by atoms with Crippen molar-refractivity contribution in [1.82, 2.24) is 19.8 Å². The molecule has 230 valence electrons. The van der Waals surface area contributed by atoms with E-state index in [1.807, 2.05) is 24.3 Å². The normalized spacial score (nSPS) is 18.4. The van der Waals surface area contributed by atoms with Crippen molar-refractivity contribution in [1.29, 1.82) is 0 Å². The van der Waals surface area contributed by atoms with Gasteiger partial charge in [-0.1, -0.05) is 30.3 Å². The predicted octanol–water partition coefficient (Wildman–Crippen LogP) is 2.59. The molecule has 2 aromatic carbocycles. The fourth-order valence-corrected chi connectivity index (χ4v) is 6.36. The molecule has 11 nitrogen and oxygen atoms in total. The molecule has 12 heteroatoms. The number of sulfonamides is 1. The molecule has 1 saturated heterocycles. The summed E-state index contributed by atoms with van der Waals surface area (Å²) in [6.45, 7) is 6.71. The summed E-state index contributed by atoms with van der Waals surface area (Å²) < 4.78 is 33.9. The topological polar surface area (TPSA) is 151 Å². The van der Waals surface area contributed by atoms with Crippen LogP contribution in [0.1, 0.15) is 52.9 Å². The number of amides is 3. The van der Waals surface area contributed by atoms with Crippen LogP contribution < -0.4 is 15.8 Å². The maximum Gasteiger partial charge on any atom is 0.410 e. The van der Waals surface area contributed by atoms with Crippen LogP contribution in [0.3, 0.4) is 0 Å². The molecule has 2 atom stereocenters. The molecule has 4 N–H and O–H groups in total. The Morgan fingerprint density at radius 1 is 1.10 bits per heavy atom. The fourth-order valence-electron chi connectivity index (χ4n) is 5.29. The highest BCUT2D eigenvalue weighted by molar-refractivity contribution is 7.89. The second kappa shape index (κ2) is 13.4. The highest BCUT2D eigenvalue weighted by atomic mass is 32.2. The molecule has 1 aliphatic carbocycles. The molecule has 2 aliphatic rings. The van der Waals surface area contributed by atoms with Gasteiger partial charge < -0.3 is 25.6 Å². The Morgan fingerprint density at radius 3 is 2.48 bits per heavy atom. The number of nitrogens with zero attached hydrogens (tertiary/aromatic N) is 2. The van der Waals surface area contributed by atoms with E-state index in [-0.39, 0.29) is 42.3 Å². The third-order valence-electron chi connectivity index (χ3n) is 7.48. The molecule has 2 fully saturated rings. The second-order valence-electron chi connectivity index (χ2n) is 12.1. The Hall–Kier alpha value is -3.22. The number of rotatable bonds is 11. The number of fused-ring (bicyclic) bond motifs is 1. The van der Waals surface area contributed by atoms with E-state index in [2.05, 4.69) is 10.0 Å². The van der Waals surface area contributed by atoms with E-state index >= 15 is 0 Å². The van der Waals surface area contributed by atoms with E-state index in [1.165, 1.54) is 6.07 Å². The molecule has 0 spiro atoms. The van der Waals surface area contributed by atoms with Crippen LogP contribution in [-0.4, -0.2) is 86.5 Å². The van der Waals surface area contributed by atoms with Gasteiger partial charge in [0.1, 0.15) is 11.6 Å². The van der Waals surface area contributed by atoms with E-state index in [1.54, 1.807) is 42.7 Å². The summed E-state index contributed by atoms with van der Waals surface area (Å²) in [4.78, 5) is 43.1. The smallest absolute Gasteiger partial charge is 0.410 e. The van der Waals surface area contributed by atoms with Gasteiger partial charge in [-0.15, -0.1) is 0 Å². The van der Waals surface area contributed by atoms with Crippen molar-refractivity contribution >= 4 is 38.7 Å². The van der Waals surface area contributed by atoms with Crippen LogP contribution in [0.25, 0.3) is 10.8 Å². The van der Waals surface area contributed by atoms with Crippen molar-refractivity contribution in [3.8, 4) is 0 Å². The molecule has 1 aliphatic heterocycles. The van der Waals surface area contributed by atoms with Gasteiger partial charge in [0.05, 0.1) is 4.90 Å². The Balaban J connectivity index is 1.42. The summed E-state index contributed by atoms with van der Waals surface area (Å²) in [7, 11) is -3.85. The van der Waals surface area contributed by atoms with Gasteiger partial charge >= 0.3 is 6.09 Å². The molecular formula is C30H43N5O6S. The molecule has 2 aromatic rings. The molecule has 0 unspecified atom stereocenters. The van der Waals surface area contributed by atoms with Gasteiger partial charge in [0.15, 0.2) is 0 Å². The second-order valence-corrected chi connectivity index (χ2v) is 13.8. The van der Waals surface area contributed by atoms with Crippen molar-refractivity contribution in [3.05, 3.63) is 42.5 Å².